The van der Waals surface area contributed by atoms with Crippen LogP contribution in [-0.4, -0.2) is 20.7 Å². The summed E-state index contributed by atoms with van der Waals surface area (Å²) in [6.45, 7) is 1.30. The van der Waals surface area contributed by atoms with E-state index >= 15 is 0 Å². The van der Waals surface area contributed by atoms with E-state index in [0.29, 0.717) is 13.1 Å². The highest BCUT2D eigenvalue weighted by Gasteiger charge is 2.17. The summed E-state index contributed by atoms with van der Waals surface area (Å²) in [5, 5.41) is 7.12. The minimum Gasteiger partial charge on any atom is -0.352 e. The first-order valence-electron chi connectivity index (χ1n) is 7.64. The van der Waals surface area contributed by atoms with Crippen LogP contribution >= 0.6 is 0 Å². The lowest BCUT2D eigenvalue weighted by molar-refractivity contribution is -0.125. The van der Waals surface area contributed by atoms with E-state index in [-0.39, 0.29) is 11.8 Å². The average molecular weight is 296 g/mol. The number of hydrogen-bond acceptors (Lipinski definition) is 3. The first-order chi connectivity index (χ1) is 10.8. The lowest BCUT2D eigenvalue weighted by Gasteiger charge is -2.17. The summed E-state index contributed by atoms with van der Waals surface area (Å²) in [6, 6.07) is 8.22. The highest BCUT2D eigenvalue weighted by molar-refractivity contribution is 5.78. The lowest BCUT2D eigenvalue weighted by Crippen LogP contribution is -2.30. The van der Waals surface area contributed by atoms with Gasteiger partial charge in [0.15, 0.2) is 0 Å². The zero-order chi connectivity index (χ0) is 15.2. The van der Waals surface area contributed by atoms with Crippen molar-refractivity contribution in [3.05, 3.63) is 60.2 Å². The molecule has 1 amide bonds. The van der Waals surface area contributed by atoms with E-state index in [1.54, 1.807) is 11.0 Å². The van der Waals surface area contributed by atoms with Crippen LogP contribution in [0.15, 0.2) is 49.1 Å². The minimum absolute atomic E-state index is 0.136. The van der Waals surface area contributed by atoms with Crippen molar-refractivity contribution in [1.82, 2.24) is 20.1 Å². The van der Waals surface area contributed by atoms with Gasteiger partial charge in [0.05, 0.1) is 6.54 Å². The molecule has 22 heavy (non-hydrogen) atoms. The van der Waals surface area contributed by atoms with Gasteiger partial charge in [-0.05, 0) is 30.4 Å². The van der Waals surface area contributed by atoms with Gasteiger partial charge in [-0.1, -0.05) is 36.4 Å². The number of aromatic nitrogens is 3. The maximum atomic E-state index is 12.1. The Morgan fingerprint density at radius 1 is 1.23 bits per heavy atom. The molecule has 3 rings (SSSR count). The molecule has 1 N–H and O–H groups in total. The van der Waals surface area contributed by atoms with Crippen molar-refractivity contribution < 1.29 is 4.79 Å². The van der Waals surface area contributed by atoms with E-state index in [1.807, 2.05) is 12.1 Å². The summed E-state index contributed by atoms with van der Waals surface area (Å²) in [6.07, 6.45) is 10.3. The lowest BCUT2D eigenvalue weighted by atomic mass is 9.93. The second kappa shape index (κ2) is 7.02. The van der Waals surface area contributed by atoms with E-state index in [1.165, 1.54) is 6.33 Å². The fourth-order valence-electron chi connectivity index (χ4n) is 2.63. The highest BCUT2D eigenvalue weighted by Crippen LogP contribution is 2.18. The Kier molecular flexibility index (Phi) is 4.63. The SMILES string of the molecule is O=C(NCc1ccc(Cn2cncn2)cc1)[C@@H]1CC=CCC1. The van der Waals surface area contributed by atoms with Crippen molar-refractivity contribution in [2.24, 2.45) is 5.92 Å². The fourth-order valence-corrected chi connectivity index (χ4v) is 2.63. The van der Waals surface area contributed by atoms with Gasteiger partial charge in [-0.3, -0.25) is 4.79 Å². The molecule has 1 aromatic heterocycles. The Bertz CT molecular complexity index is 631. The van der Waals surface area contributed by atoms with Gasteiger partial charge in [-0.15, -0.1) is 0 Å². The van der Waals surface area contributed by atoms with Gasteiger partial charge in [-0.25, -0.2) is 9.67 Å². The largest absolute Gasteiger partial charge is 0.352 e. The van der Waals surface area contributed by atoms with Gasteiger partial charge in [0.1, 0.15) is 12.7 Å². The van der Waals surface area contributed by atoms with E-state index in [2.05, 4.69) is 39.7 Å². The Morgan fingerprint density at radius 3 is 2.73 bits per heavy atom. The molecule has 0 aliphatic heterocycles. The molecule has 1 aromatic carbocycles. The van der Waals surface area contributed by atoms with Crippen molar-refractivity contribution in [1.29, 1.82) is 0 Å². The Labute approximate surface area is 130 Å². The molecule has 0 saturated heterocycles. The van der Waals surface area contributed by atoms with Crippen LogP contribution in [0.2, 0.25) is 0 Å². The first kappa shape index (κ1) is 14.5. The van der Waals surface area contributed by atoms with Gasteiger partial charge in [0.2, 0.25) is 5.91 Å². The zero-order valence-electron chi connectivity index (χ0n) is 12.5. The Hall–Kier alpha value is -2.43. The molecule has 1 atom stereocenters. The molecule has 2 aromatic rings. The Morgan fingerprint density at radius 2 is 2.05 bits per heavy atom. The van der Waals surface area contributed by atoms with E-state index in [4.69, 9.17) is 0 Å². The zero-order valence-corrected chi connectivity index (χ0v) is 12.5. The van der Waals surface area contributed by atoms with E-state index in [0.717, 1.165) is 30.4 Å². The third-order valence-electron chi connectivity index (χ3n) is 3.94. The third-order valence-corrected chi connectivity index (χ3v) is 3.94. The molecule has 0 spiro atoms. The highest BCUT2D eigenvalue weighted by atomic mass is 16.1. The van der Waals surface area contributed by atoms with Crippen molar-refractivity contribution in [3.8, 4) is 0 Å². The van der Waals surface area contributed by atoms with Gasteiger partial charge in [0.25, 0.3) is 0 Å². The minimum atomic E-state index is 0.136. The first-order valence-corrected chi connectivity index (χ1v) is 7.64. The number of benzene rings is 1. The van der Waals surface area contributed by atoms with Crippen LogP contribution in [0.4, 0.5) is 0 Å². The number of rotatable bonds is 5. The molecular formula is C17H20N4O. The van der Waals surface area contributed by atoms with Crippen LogP contribution in [0.5, 0.6) is 0 Å². The normalized spacial score (nSPS) is 17.4. The van der Waals surface area contributed by atoms with Crippen LogP contribution in [0, 0.1) is 5.92 Å². The molecule has 5 heteroatoms. The molecule has 114 valence electrons. The molecule has 0 fully saturated rings. The summed E-state index contributed by atoms with van der Waals surface area (Å²) in [4.78, 5) is 16.0. The number of allylic oxidation sites excluding steroid dienone is 2. The number of nitrogens with zero attached hydrogens (tertiary/aromatic N) is 3. The van der Waals surface area contributed by atoms with Crippen molar-refractivity contribution in [2.45, 2.75) is 32.4 Å². The molecule has 1 aliphatic rings. The van der Waals surface area contributed by atoms with E-state index < -0.39 is 0 Å². The number of hydrogen-bond donors (Lipinski definition) is 1. The quantitative estimate of drug-likeness (QED) is 0.861. The van der Waals surface area contributed by atoms with Crippen LogP contribution in [-0.2, 0) is 17.9 Å². The van der Waals surface area contributed by atoms with E-state index in [9.17, 15) is 4.79 Å². The predicted octanol–water partition coefficient (Wildman–Crippen LogP) is 2.30. The summed E-state index contributed by atoms with van der Waals surface area (Å²) < 4.78 is 1.79. The van der Waals surface area contributed by atoms with Crippen LogP contribution in [0.25, 0.3) is 0 Å². The van der Waals surface area contributed by atoms with Gasteiger partial charge in [-0.2, -0.15) is 5.10 Å². The predicted molar refractivity (Wildman–Crippen MR) is 83.9 cm³/mol. The topological polar surface area (TPSA) is 59.8 Å². The molecule has 0 saturated carbocycles. The van der Waals surface area contributed by atoms with Crippen molar-refractivity contribution >= 4 is 5.91 Å². The van der Waals surface area contributed by atoms with Gasteiger partial charge in [0, 0.05) is 12.5 Å². The van der Waals surface area contributed by atoms with Crippen LogP contribution in [0.1, 0.15) is 30.4 Å². The molecule has 0 radical (unpaired) electrons. The fraction of sp³-hybridized carbons (Fsp3) is 0.353. The summed E-state index contributed by atoms with van der Waals surface area (Å²) >= 11 is 0. The maximum absolute atomic E-state index is 12.1. The third kappa shape index (κ3) is 3.81. The number of carbonyl (C=O) groups excluding carboxylic acids is 1. The number of nitrogens with one attached hydrogen (secondary N) is 1. The molecule has 5 nitrogen and oxygen atoms in total. The molecule has 1 aliphatic carbocycles. The molecule has 1 heterocycles. The van der Waals surface area contributed by atoms with Crippen LogP contribution in [0.3, 0.4) is 0 Å². The Balaban J connectivity index is 1.50. The molecular weight excluding hydrogens is 276 g/mol. The standard InChI is InChI=1S/C17H20N4O/c22-17(16-4-2-1-3-5-16)19-10-14-6-8-15(9-7-14)11-21-13-18-12-20-21/h1-2,6-9,12-13,16H,3-5,10-11H2,(H,19,22)/t16-/m1/s1. The van der Waals surface area contributed by atoms with Crippen molar-refractivity contribution in [3.63, 3.8) is 0 Å². The molecule has 0 unspecified atom stereocenters. The smallest absolute Gasteiger partial charge is 0.223 e. The monoisotopic (exact) mass is 296 g/mol. The summed E-state index contributed by atoms with van der Waals surface area (Å²) in [5.74, 6) is 0.299. The average Bonchev–Trinajstić information content (AvgIpc) is 3.08. The molecule has 0 bridgehead atoms. The van der Waals surface area contributed by atoms with Gasteiger partial charge >= 0.3 is 0 Å². The second-order valence-corrected chi connectivity index (χ2v) is 5.61. The second-order valence-electron chi connectivity index (χ2n) is 5.61. The number of carbonyl (C=O) groups is 1. The maximum Gasteiger partial charge on any atom is 0.223 e. The van der Waals surface area contributed by atoms with Crippen LogP contribution < -0.4 is 5.32 Å². The van der Waals surface area contributed by atoms with Crippen molar-refractivity contribution in [2.75, 3.05) is 0 Å². The summed E-state index contributed by atoms with van der Waals surface area (Å²) in [7, 11) is 0. The number of amides is 1. The summed E-state index contributed by atoms with van der Waals surface area (Å²) in [5.41, 5.74) is 2.28. The van der Waals surface area contributed by atoms with Gasteiger partial charge < -0.3 is 5.32 Å².